The zero-order chi connectivity index (χ0) is 12.9. The van der Waals surface area contributed by atoms with Crippen LogP contribution in [0.25, 0.3) is 0 Å². The van der Waals surface area contributed by atoms with Crippen LogP contribution in [0.5, 0.6) is 5.75 Å². The van der Waals surface area contributed by atoms with E-state index >= 15 is 0 Å². The standard InChI is InChI=1S/C13H20FNO2/c1-3-13(4-2,9-16)15-8-10-5-6-12(17)11(14)7-10/h5-7,15-17H,3-4,8-9H2,1-2H3. The summed E-state index contributed by atoms with van der Waals surface area (Å²) in [6, 6.07) is 4.31. The normalized spacial score (nSPS) is 11.8. The van der Waals surface area contributed by atoms with Gasteiger partial charge in [0.05, 0.1) is 6.61 Å². The smallest absolute Gasteiger partial charge is 0.165 e. The van der Waals surface area contributed by atoms with Crippen molar-refractivity contribution in [2.24, 2.45) is 0 Å². The van der Waals surface area contributed by atoms with E-state index < -0.39 is 5.82 Å². The van der Waals surface area contributed by atoms with E-state index in [2.05, 4.69) is 5.32 Å². The Bertz CT molecular complexity index is 356. The molecule has 0 bridgehead atoms. The summed E-state index contributed by atoms with van der Waals surface area (Å²) in [6.45, 7) is 4.54. The number of hydrogen-bond donors (Lipinski definition) is 3. The fourth-order valence-electron chi connectivity index (χ4n) is 1.73. The van der Waals surface area contributed by atoms with Crippen LogP contribution in [0.4, 0.5) is 4.39 Å². The van der Waals surface area contributed by atoms with Crippen LogP contribution in [0.1, 0.15) is 32.3 Å². The first-order chi connectivity index (χ1) is 8.06. The molecule has 0 unspecified atom stereocenters. The molecule has 0 aliphatic heterocycles. The van der Waals surface area contributed by atoms with Gasteiger partial charge in [-0.15, -0.1) is 0 Å². The summed E-state index contributed by atoms with van der Waals surface area (Å²) < 4.78 is 13.1. The number of rotatable bonds is 6. The largest absolute Gasteiger partial charge is 0.505 e. The van der Waals surface area contributed by atoms with Crippen molar-refractivity contribution < 1.29 is 14.6 Å². The fourth-order valence-corrected chi connectivity index (χ4v) is 1.73. The van der Waals surface area contributed by atoms with Crippen LogP contribution < -0.4 is 5.32 Å². The number of phenols is 1. The number of nitrogens with one attached hydrogen (secondary N) is 1. The van der Waals surface area contributed by atoms with E-state index in [1.807, 2.05) is 13.8 Å². The Kier molecular flexibility index (Phi) is 4.90. The van der Waals surface area contributed by atoms with Gasteiger partial charge in [-0.1, -0.05) is 19.9 Å². The average molecular weight is 241 g/mol. The van der Waals surface area contributed by atoms with Crippen molar-refractivity contribution in [2.45, 2.75) is 38.8 Å². The Morgan fingerprint density at radius 1 is 1.29 bits per heavy atom. The molecule has 1 aromatic carbocycles. The lowest BCUT2D eigenvalue weighted by molar-refractivity contribution is 0.149. The number of aromatic hydroxyl groups is 1. The van der Waals surface area contributed by atoms with Gasteiger partial charge < -0.3 is 15.5 Å². The molecular weight excluding hydrogens is 221 g/mol. The molecule has 0 aromatic heterocycles. The molecule has 17 heavy (non-hydrogen) atoms. The zero-order valence-corrected chi connectivity index (χ0v) is 10.3. The SMILES string of the molecule is CCC(CC)(CO)NCc1ccc(O)c(F)c1. The Hall–Kier alpha value is -1.13. The van der Waals surface area contributed by atoms with E-state index in [1.54, 1.807) is 6.07 Å². The van der Waals surface area contributed by atoms with Crippen molar-refractivity contribution in [1.82, 2.24) is 5.32 Å². The highest BCUT2D eigenvalue weighted by molar-refractivity contribution is 5.28. The summed E-state index contributed by atoms with van der Waals surface area (Å²) in [6.07, 6.45) is 1.61. The predicted molar refractivity (Wildman–Crippen MR) is 65.3 cm³/mol. The molecule has 96 valence electrons. The maximum absolute atomic E-state index is 13.1. The lowest BCUT2D eigenvalue weighted by Gasteiger charge is -2.31. The molecule has 0 atom stereocenters. The van der Waals surface area contributed by atoms with Crippen molar-refractivity contribution >= 4 is 0 Å². The summed E-state index contributed by atoms with van der Waals surface area (Å²) in [5.41, 5.74) is 0.439. The Morgan fingerprint density at radius 3 is 2.41 bits per heavy atom. The second-order valence-electron chi connectivity index (χ2n) is 4.28. The fraction of sp³-hybridized carbons (Fsp3) is 0.538. The van der Waals surface area contributed by atoms with Gasteiger partial charge in [0.25, 0.3) is 0 Å². The molecule has 0 amide bonds. The third-order valence-electron chi connectivity index (χ3n) is 3.34. The second kappa shape index (κ2) is 5.98. The minimum Gasteiger partial charge on any atom is -0.505 e. The molecule has 0 aliphatic carbocycles. The average Bonchev–Trinajstić information content (AvgIpc) is 2.36. The zero-order valence-electron chi connectivity index (χ0n) is 10.3. The first kappa shape index (κ1) is 13.9. The minimum absolute atomic E-state index is 0.0561. The van der Waals surface area contributed by atoms with Gasteiger partial charge in [-0.05, 0) is 30.5 Å². The highest BCUT2D eigenvalue weighted by atomic mass is 19.1. The summed E-state index contributed by atoms with van der Waals surface area (Å²) in [7, 11) is 0. The third kappa shape index (κ3) is 3.41. The van der Waals surface area contributed by atoms with Gasteiger partial charge in [0.2, 0.25) is 0 Å². The number of hydrogen-bond acceptors (Lipinski definition) is 3. The van der Waals surface area contributed by atoms with E-state index in [-0.39, 0.29) is 17.9 Å². The molecular formula is C13H20FNO2. The molecule has 0 heterocycles. The maximum atomic E-state index is 13.1. The summed E-state index contributed by atoms with van der Waals surface area (Å²) >= 11 is 0. The Labute approximate surface area is 101 Å². The predicted octanol–water partition coefficient (Wildman–Crippen LogP) is 2.17. The van der Waals surface area contributed by atoms with Gasteiger partial charge in [0.1, 0.15) is 0 Å². The van der Waals surface area contributed by atoms with Crippen LogP contribution in [0.2, 0.25) is 0 Å². The van der Waals surface area contributed by atoms with Crippen LogP contribution in [-0.4, -0.2) is 22.4 Å². The van der Waals surface area contributed by atoms with Gasteiger partial charge in [0.15, 0.2) is 11.6 Å². The molecule has 4 heteroatoms. The van der Waals surface area contributed by atoms with Crippen LogP contribution >= 0.6 is 0 Å². The first-order valence-electron chi connectivity index (χ1n) is 5.90. The number of aliphatic hydroxyl groups is 1. The highest BCUT2D eigenvalue weighted by Crippen LogP contribution is 2.18. The molecule has 3 N–H and O–H groups in total. The van der Waals surface area contributed by atoms with Crippen molar-refractivity contribution in [3.63, 3.8) is 0 Å². The van der Waals surface area contributed by atoms with E-state index in [1.165, 1.54) is 12.1 Å². The lowest BCUT2D eigenvalue weighted by atomic mass is 9.93. The first-order valence-corrected chi connectivity index (χ1v) is 5.90. The van der Waals surface area contributed by atoms with Crippen molar-refractivity contribution in [1.29, 1.82) is 0 Å². The summed E-state index contributed by atoms with van der Waals surface area (Å²) in [4.78, 5) is 0. The minimum atomic E-state index is -0.619. The van der Waals surface area contributed by atoms with Crippen LogP contribution in [0.15, 0.2) is 18.2 Å². The molecule has 0 fully saturated rings. The number of phenolic OH excluding ortho intramolecular Hbond substituents is 1. The maximum Gasteiger partial charge on any atom is 0.165 e. The lowest BCUT2D eigenvalue weighted by Crippen LogP contribution is -2.47. The molecule has 0 spiro atoms. The van der Waals surface area contributed by atoms with Gasteiger partial charge in [-0.3, -0.25) is 0 Å². The third-order valence-corrected chi connectivity index (χ3v) is 3.34. The molecule has 1 aromatic rings. The van der Waals surface area contributed by atoms with Crippen LogP contribution in [-0.2, 0) is 6.54 Å². The summed E-state index contributed by atoms with van der Waals surface area (Å²) in [5.74, 6) is -0.958. The van der Waals surface area contributed by atoms with E-state index in [4.69, 9.17) is 5.11 Å². The highest BCUT2D eigenvalue weighted by Gasteiger charge is 2.24. The molecule has 0 saturated carbocycles. The molecule has 1 rings (SSSR count). The van der Waals surface area contributed by atoms with Crippen molar-refractivity contribution in [3.05, 3.63) is 29.6 Å². The summed E-state index contributed by atoms with van der Waals surface area (Å²) in [5, 5.41) is 21.7. The molecule has 3 nitrogen and oxygen atoms in total. The topological polar surface area (TPSA) is 52.5 Å². The van der Waals surface area contributed by atoms with Gasteiger partial charge in [0, 0.05) is 12.1 Å². The van der Waals surface area contributed by atoms with E-state index in [9.17, 15) is 9.50 Å². The van der Waals surface area contributed by atoms with Gasteiger partial charge in [-0.2, -0.15) is 0 Å². The number of aliphatic hydroxyl groups excluding tert-OH is 1. The molecule has 0 aliphatic rings. The van der Waals surface area contributed by atoms with E-state index in [0.29, 0.717) is 6.54 Å². The molecule has 0 saturated heterocycles. The quantitative estimate of drug-likeness (QED) is 0.715. The van der Waals surface area contributed by atoms with Crippen molar-refractivity contribution in [2.75, 3.05) is 6.61 Å². The number of benzene rings is 1. The number of halogens is 1. The second-order valence-corrected chi connectivity index (χ2v) is 4.28. The van der Waals surface area contributed by atoms with Gasteiger partial charge >= 0.3 is 0 Å². The molecule has 0 radical (unpaired) electrons. The van der Waals surface area contributed by atoms with Gasteiger partial charge in [-0.25, -0.2) is 4.39 Å². The Morgan fingerprint density at radius 2 is 1.94 bits per heavy atom. The van der Waals surface area contributed by atoms with Crippen LogP contribution in [0, 0.1) is 5.82 Å². The van der Waals surface area contributed by atoms with E-state index in [0.717, 1.165) is 18.4 Å². The monoisotopic (exact) mass is 241 g/mol. The Balaban J connectivity index is 2.68. The van der Waals surface area contributed by atoms with Crippen LogP contribution in [0.3, 0.4) is 0 Å². The van der Waals surface area contributed by atoms with Crippen molar-refractivity contribution in [3.8, 4) is 5.75 Å².